The van der Waals surface area contributed by atoms with Crippen molar-refractivity contribution in [2.24, 2.45) is 0 Å². The van der Waals surface area contributed by atoms with Gasteiger partial charge in [-0.2, -0.15) is 0 Å². The lowest BCUT2D eigenvalue weighted by molar-refractivity contribution is 0.344. The molecule has 1 aliphatic rings. The topological polar surface area (TPSA) is 103 Å². The zero-order valence-corrected chi connectivity index (χ0v) is 20.1. The van der Waals surface area contributed by atoms with Crippen molar-refractivity contribution in [3.8, 4) is 0 Å². The van der Waals surface area contributed by atoms with Crippen molar-refractivity contribution in [3.05, 3.63) is 78.2 Å². The summed E-state index contributed by atoms with van der Waals surface area (Å²) in [6.07, 6.45) is 11.8. The summed E-state index contributed by atoms with van der Waals surface area (Å²) in [5.41, 5.74) is 3.80. The SMILES string of the molecule is O=S(=O)(NCCN1CCCC1)c1ccc(Nc2ncc(C=Cc3cccc4[nH]ccc34)cn2)cc1. The number of H-pyrrole nitrogens is 1. The van der Waals surface area contributed by atoms with E-state index in [4.69, 9.17) is 0 Å². The van der Waals surface area contributed by atoms with E-state index in [1.165, 1.54) is 12.8 Å². The molecule has 5 rings (SSSR count). The van der Waals surface area contributed by atoms with Crippen LogP contribution in [0.15, 0.2) is 72.0 Å². The molecule has 3 N–H and O–H groups in total. The summed E-state index contributed by atoms with van der Waals surface area (Å²) in [7, 11) is -3.53. The Kier molecular flexibility index (Phi) is 6.89. The predicted octanol–water partition coefficient (Wildman–Crippen LogP) is 4.25. The first-order valence-corrected chi connectivity index (χ1v) is 13.2. The summed E-state index contributed by atoms with van der Waals surface area (Å²) in [5, 5.41) is 4.27. The van der Waals surface area contributed by atoms with Gasteiger partial charge in [-0.05, 0) is 67.9 Å². The summed E-state index contributed by atoms with van der Waals surface area (Å²) in [5.74, 6) is 0.439. The van der Waals surface area contributed by atoms with Crippen molar-refractivity contribution in [1.29, 1.82) is 0 Å². The highest BCUT2D eigenvalue weighted by molar-refractivity contribution is 7.89. The van der Waals surface area contributed by atoms with Gasteiger partial charge in [0.15, 0.2) is 0 Å². The van der Waals surface area contributed by atoms with Crippen LogP contribution in [0.5, 0.6) is 0 Å². The van der Waals surface area contributed by atoms with E-state index >= 15 is 0 Å². The fraction of sp³-hybridized carbons (Fsp3) is 0.231. The Labute approximate surface area is 205 Å². The van der Waals surface area contributed by atoms with Gasteiger partial charge in [-0.15, -0.1) is 0 Å². The minimum absolute atomic E-state index is 0.239. The fourth-order valence-electron chi connectivity index (χ4n) is 4.20. The predicted molar refractivity (Wildman–Crippen MR) is 140 cm³/mol. The monoisotopic (exact) mass is 488 g/mol. The van der Waals surface area contributed by atoms with E-state index in [9.17, 15) is 8.42 Å². The second-order valence-electron chi connectivity index (χ2n) is 8.56. The quantitative estimate of drug-likeness (QED) is 0.326. The van der Waals surface area contributed by atoms with E-state index < -0.39 is 10.0 Å². The molecule has 180 valence electrons. The Morgan fingerprint density at radius 2 is 1.74 bits per heavy atom. The van der Waals surface area contributed by atoms with E-state index in [0.717, 1.165) is 41.7 Å². The van der Waals surface area contributed by atoms with Gasteiger partial charge in [0.1, 0.15) is 0 Å². The Balaban J connectivity index is 1.17. The maximum absolute atomic E-state index is 12.6. The number of aromatic nitrogens is 3. The van der Waals surface area contributed by atoms with Crippen molar-refractivity contribution in [2.75, 3.05) is 31.5 Å². The van der Waals surface area contributed by atoms with Crippen molar-refractivity contribution in [3.63, 3.8) is 0 Å². The van der Waals surface area contributed by atoms with Gasteiger partial charge in [-0.3, -0.25) is 0 Å². The number of hydrogen-bond donors (Lipinski definition) is 3. The molecule has 2 aromatic heterocycles. The summed E-state index contributed by atoms with van der Waals surface area (Å²) in [6.45, 7) is 3.25. The van der Waals surface area contributed by atoms with E-state index in [1.807, 2.05) is 30.5 Å². The minimum atomic E-state index is -3.53. The number of anilines is 2. The first-order valence-electron chi connectivity index (χ1n) is 11.7. The third-order valence-corrected chi connectivity index (χ3v) is 7.57. The molecule has 1 aliphatic heterocycles. The second kappa shape index (κ2) is 10.4. The van der Waals surface area contributed by atoms with Crippen LogP contribution >= 0.6 is 0 Å². The number of likely N-dealkylation sites (tertiary alicyclic amines) is 1. The molecule has 0 amide bonds. The average molecular weight is 489 g/mol. The first-order chi connectivity index (χ1) is 17.1. The highest BCUT2D eigenvalue weighted by atomic mass is 32.2. The molecule has 0 saturated carbocycles. The lowest BCUT2D eigenvalue weighted by Gasteiger charge is -2.15. The zero-order chi connectivity index (χ0) is 24.1. The molecule has 8 nitrogen and oxygen atoms in total. The van der Waals surface area contributed by atoms with Crippen LogP contribution in [0.25, 0.3) is 23.1 Å². The van der Waals surface area contributed by atoms with E-state index in [1.54, 1.807) is 36.7 Å². The number of benzene rings is 2. The van der Waals surface area contributed by atoms with Crippen molar-refractivity contribution >= 4 is 44.7 Å². The van der Waals surface area contributed by atoms with E-state index in [2.05, 4.69) is 42.0 Å². The van der Waals surface area contributed by atoms with Crippen LogP contribution in [0.4, 0.5) is 11.6 Å². The number of fused-ring (bicyclic) bond motifs is 1. The molecule has 9 heteroatoms. The summed E-state index contributed by atoms with van der Waals surface area (Å²) < 4.78 is 27.8. The molecule has 1 fully saturated rings. The highest BCUT2D eigenvalue weighted by Gasteiger charge is 2.16. The normalized spacial score (nSPS) is 14.7. The van der Waals surface area contributed by atoms with Crippen LogP contribution in [0, 0.1) is 0 Å². The van der Waals surface area contributed by atoms with Gasteiger partial charge < -0.3 is 15.2 Å². The van der Waals surface area contributed by atoms with E-state index in [-0.39, 0.29) is 4.90 Å². The molecule has 0 spiro atoms. The van der Waals surface area contributed by atoms with Gasteiger partial charge in [0.25, 0.3) is 0 Å². The molecule has 0 atom stereocenters. The molecule has 0 aliphatic carbocycles. The summed E-state index contributed by atoms with van der Waals surface area (Å²) in [6, 6.07) is 14.8. The molecule has 4 aromatic rings. The van der Waals surface area contributed by atoms with Crippen molar-refractivity contribution < 1.29 is 8.42 Å². The Bertz CT molecular complexity index is 1410. The fourth-order valence-corrected chi connectivity index (χ4v) is 5.22. The van der Waals surface area contributed by atoms with E-state index in [0.29, 0.717) is 18.2 Å². The van der Waals surface area contributed by atoms with Crippen LogP contribution in [-0.4, -0.2) is 54.4 Å². The number of hydrogen-bond acceptors (Lipinski definition) is 6. The number of sulfonamides is 1. The molecule has 2 aromatic carbocycles. The van der Waals surface area contributed by atoms with Gasteiger partial charge in [0.05, 0.1) is 4.90 Å². The molecule has 0 bridgehead atoms. The Morgan fingerprint density at radius 3 is 2.51 bits per heavy atom. The van der Waals surface area contributed by atoms with Crippen LogP contribution in [0.2, 0.25) is 0 Å². The summed E-state index contributed by atoms with van der Waals surface area (Å²) in [4.78, 5) is 14.5. The van der Waals surface area contributed by atoms with Crippen LogP contribution in [0.3, 0.4) is 0 Å². The Morgan fingerprint density at radius 1 is 0.971 bits per heavy atom. The first kappa shape index (κ1) is 23.2. The number of aromatic amines is 1. The molecule has 0 radical (unpaired) electrons. The molecule has 1 saturated heterocycles. The maximum Gasteiger partial charge on any atom is 0.240 e. The average Bonchev–Trinajstić information content (AvgIpc) is 3.56. The molecular weight excluding hydrogens is 460 g/mol. The third-order valence-electron chi connectivity index (χ3n) is 6.10. The third kappa shape index (κ3) is 5.76. The molecular formula is C26H28N6O2S. The standard InChI is InChI=1S/C26H28N6O2S/c33-35(34,30-14-17-32-15-1-2-16-32)23-10-8-22(9-11-23)31-26-28-18-20(19-29-26)6-7-21-4-3-5-25-24(21)12-13-27-25/h3-13,18-19,27,30H,1-2,14-17H2,(H,28,29,31). The van der Waals surface area contributed by atoms with Gasteiger partial charge in [0, 0.05) is 53.8 Å². The zero-order valence-electron chi connectivity index (χ0n) is 19.3. The van der Waals surface area contributed by atoms with Gasteiger partial charge in [-0.25, -0.2) is 23.1 Å². The molecule has 35 heavy (non-hydrogen) atoms. The lowest BCUT2D eigenvalue weighted by Crippen LogP contribution is -2.33. The molecule has 0 unspecified atom stereocenters. The van der Waals surface area contributed by atoms with Crippen molar-refractivity contribution in [2.45, 2.75) is 17.7 Å². The highest BCUT2D eigenvalue weighted by Crippen LogP contribution is 2.20. The number of nitrogens with one attached hydrogen (secondary N) is 3. The maximum atomic E-state index is 12.6. The van der Waals surface area contributed by atoms with Gasteiger partial charge >= 0.3 is 0 Å². The van der Waals surface area contributed by atoms with Gasteiger partial charge in [-0.1, -0.05) is 24.3 Å². The lowest BCUT2D eigenvalue weighted by atomic mass is 10.1. The van der Waals surface area contributed by atoms with Crippen LogP contribution in [-0.2, 0) is 10.0 Å². The van der Waals surface area contributed by atoms with Crippen LogP contribution in [0.1, 0.15) is 24.0 Å². The van der Waals surface area contributed by atoms with Crippen LogP contribution < -0.4 is 10.0 Å². The largest absolute Gasteiger partial charge is 0.361 e. The number of rotatable bonds is 9. The van der Waals surface area contributed by atoms with Gasteiger partial charge in [0.2, 0.25) is 16.0 Å². The summed E-state index contributed by atoms with van der Waals surface area (Å²) >= 11 is 0. The minimum Gasteiger partial charge on any atom is -0.361 e. The second-order valence-corrected chi connectivity index (χ2v) is 10.3. The number of nitrogens with zero attached hydrogens (tertiary/aromatic N) is 3. The Hall–Kier alpha value is -3.53. The smallest absolute Gasteiger partial charge is 0.240 e. The molecule has 3 heterocycles. The van der Waals surface area contributed by atoms with Crippen molar-refractivity contribution in [1.82, 2.24) is 24.6 Å².